The van der Waals surface area contributed by atoms with E-state index in [0.29, 0.717) is 43.1 Å². The van der Waals surface area contributed by atoms with E-state index < -0.39 is 10.0 Å². The second-order valence-corrected chi connectivity index (χ2v) is 9.62. The average Bonchev–Trinajstić information content (AvgIpc) is 3.24. The lowest BCUT2D eigenvalue weighted by atomic mass is 10.1. The highest BCUT2D eigenvalue weighted by atomic mass is 32.2. The fourth-order valence-corrected chi connectivity index (χ4v) is 5.18. The summed E-state index contributed by atoms with van der Waals surface area (Å²) in [7, 11) is -3.40. The van der Waals surface area contributed by atoms with E-state index in [2.05, 4.69) is 20.5 Å². The predicted octanol–water partition coefficient (Wildman–Crippen LogP) is 1.82. The van der Waals surface area contributed by atoms with Gasteiger partial charge in [0.1, 0.15) is 6.33 Å². The van der Waals surface area contributed by atoms with Crippen LogP contribution in [0.3, 0.4) is 0 Å². The molecule has 0 bridgehead atoms. The van der Waals surface area contributed by atoms with Crippen LogP contribution in [0.25, 0.3) is 0 Å². The number of nitrogens with zero attached hydrogens (tertiary/aromatic N) is 3. The molecule has 2 aromatic rings. The molecule has 152 valence electrons. The van der Waals surface area contributed by atoms with E-state index in [-0.39, 0.29) is 5.91 Å². The highest BCUT2D eigenvalue weighted by Gasteiger charge is 2.25. The number of aromatic nitrogens is 3. The zero-order chi connectivity index (χ0) is 19.8. The lowest BCUT2D eigenvalue weighted by Gasteiger charge is -2.25. The zero-order valence-electron chi connectivity index (χ0n) is 15.6. The zero-order valence-corrected chi connectivity index (χ0v) is 17.3. The van der Waals surface area contributed by atoms with Gasteiger partial charge in [0.25, 0.3) is 0 Å². The number of H-pyrrole nitrogens is 1. The van der Waals surface area contributed by atoms with Gasteiger partial charge in [-0.1, -0.05) is 30.3 Å². The van der Waals surface area contributed by atoms with Gasteiger partial charge in [-0.3, -0.25) is 9.89 Å². The third kappa shape index (κ3) is 5.79. The molecule has 0 radical (unpaired) electrons. The number of sulfonamides is 1. The molecule has 0 saturated carbocycles. The summed E-state index contributed by atoms with van der Waals surface area (Å²) in [5.74, 6) is 0.687. The molecule has 1 amide bonds. The Balaban J connectivity index is 1.41. The van der Waals surface area contributed by atoms with Crippen LogP contribution in [0.4, 0.5) is 0 Å². The number of thioether (sulfide) groups is 1. The molecule has 1 saturated heterocycles. The van der Waals surface area contributed by atoms with Crippen molar-refractivity contribution >= 4 is 27.7 Å². The highest BCUT2D eigenvalue weighted by Crippen LogP contribution is 2.21. The van der Waals surface area contributed by atoms with Crippen molar-refractivity contribution in [3.8, 4) is 0 Å². The molecule has 1 aromatic heterocycles. The van der Waals surface area contributed by atoms with E-state index in [1.807, 2.05) is 0 Å². The number of amides is 1. The summed E-state index contributed by atoms with van der Waals surface area (Å²) in [4.78, 5) is 16.3. The molecule has 0 unspecified atom stereocenters. The van der Waals surface area contributed by atoms with Crippen LogP contribution in [0.1, 0.15) is 31.2 Å². The Bertz CT molecular complexity index is 848. The summed E-state index contributed by atoms with van der Waals surface area (Å²) in [5, 5.41) is 10.1. The van der Waals surface area contributed by atoms with Crippen LogP contribution in [0.15, 0.2) is 40.6 Å². The number of nitrogens with one attached hydrogen (secondary N) is 2. The Hall–Kier alpha value is -1.91. The molecule has 3 rings (SSSR count). The summed E-state index contributed by atoms with van der Waals surface area (Å²) < 4.78 is 26.9. The van der Waals surface area contributed by atoms with Gasteiger partial charge in [0.15, 0.2) is 5.16 Å². The number of carbonyl (C=O) groups is 1. The third-order valence-electron chi connectivity index (χ3n) is 4.57. The first-order valence-corrected chi connectivity index (χ1v) is 11.8. The lowest BCUT2D eigenvalue weighted by Crippen LogP contribution is -2.35. The number of benzene rings is 1. The van der Waals surface area contributed by atoms with Crippen LogP contribution in [-0.4, -0.2) is 59.2 Å². The van der Waals surface area contributed by atoms with Crippen LogP contribution in [0.5, 0.6) is 0 Å². The van der Waals surface area contributed by atoms with Crippen molar-refractivity contribution in [1.82, 2.24) is 24.8 Å². The maximum atomic E-state index is 12.6. The molecule has 1 fully saturated rings. The van der Waals surface area contributed by atoms with Crippen molar-refractivity contribution in [1.29, 1.82) is 0 Å². The normalized spacial score (nSPS) is 15.4. The fourth-order valence-electron chi connectivity index (χ4n) is 3.03. The van der Waals surface area contributed by atoms with E-state index in [9.17, 15) is 13.2 Å². The monoisotopic (exact) mass is 423 g/mol. The van der Waals surface area contributed by atoms with Crippen molar-refractivity contribution in [2.24, 2.45) is 0 Å². The Morgan fingerprint density at radius 3 is 2.61 bits per heavy atom. The van der Waals surface area contributed by atoms with Gasteiger partial charge >= 0.3 is 0 Å². The minimum Gasteiger partial charge on any atom is -0.355 e. The van der Waals surface area contributed by atoms with Gasteiger partial charge < -0.3 is 5.32 Å². The average molecular weight is 424 g/mol. The minimum absolute atomic E-state index is 0.0248. The summed E-state index contributed by atoms with van der Waals surface area (Å²) in [5.41, 5.74) is 0.948. The van der Waals surface area contributed by atoms with Gasteiger partial charge in [0.05, 0.1) is 4.90 Å². The molecular weight excluding hydrogens is 398 g/mol. The minimum atomic E-state index is -3.40. The quantitative estimate of drug-likeness (QED) is 0.470. The first-order chi connectivity index (χ1) is 13.6. The largest absolute Gasteiger partial charge is 0.355 e. The molecule has 28 heavy (non-hydrogen) atoms. The number of hydrogen-bond donors (Lipinski definition) is 2. The predicted molar refractivity (Wildman–Crippen MR) is 107 cm³/mol. The first-order valence-electron chi connectivity index (χ1n) is 9.40. The van der Waals surface area contributed by atoms with Crippen molar-refractivity contribution in [2.45, 2.75) is 42.2 Å². The summed E-state index contributed by atoms with van der Waals surface area (Å²) in [6.07, 6.45) is 5.32. The Morgan fingerprint density at radius 1 is 1.18 bits per heavy atom. The van der Waals surface area contributed by atoms with Gasteiger partial charge in [0, 0.05) is 31.8 Å². The van der Waals surface area contributed by atoms with Crippen LogP contribution in [0, 0.1) is 0 Å². The summed E-state index contributed by atoms with van der Waals surface area (Å²) in [6.45, 7) is 1.75. The van der Waals surface area contributed by atoms with Gasteiger partial charge in [-0.15, -0.1) is 0 Å². The second kappa shape index (κ2) is 10.0. The van der Waals surface area contributed by atoms with Crippen LogP contribution in [-0.2, 0) is 21.2 Å². The van der Waals surface area contributed by atoms with E-state index in [4.69, 9.17) is 0 Å². The molecule has 1 aliphatic rings. The summed E-state index contributed by atoms with van der Waals surface area (Å²) in [6, 6.07) is 6.88. The third-order valence-corrected chi connectivity index (χ3v) is 7.36. The second-order valence-electron chi connectivity index (χ2n) is 6.60. The number of aryl methyl sites for hydroxylation is 1. The Morgan fingerprint density at radius 2 is 1.93 bits per heavy atom. The highest BCUT2D eigenvalue weighted by molar-refractivity contribution is 7.99. The van der Waals surface area contributed by atoms with E-state index >= 15 is 0 Å². The van der Waals surface area contributed by atoms with Crippen molar-refractivity contribution in [3.05, 3.63) is 36.2 Å². The molecule has 0 spiro atoms. The molecule has 10 heteroatoms. The van der Waals surface area contributed by atoms with Gasteiger partial charge in [-0.05, 0) is 37.0 Å². The number of piperidine rings is 1. The number of aromatic amines is 1. The van der Waals surface area contributed by atoms with E-state index in [0.717, 1.165) is 30.0 Å². The Kier molecular flexibility index (Phi) is 7.46. The van der Waals surface area contributed by atoms with Crippen molar-refractivity contribution < 1.29 is 13.2 Å². The SMILES string of the molecule is O=C(CCc1ccc(S(=O)(=O)N2CCCCC2)cc1)NCCSc1ncn[nH]1. The molecule has 0 atom stereocenters. The van der Waals surface area contributed by atoms with Gasteiger partial charge in [-0.2, -0.15) is 9.40 Å². The topological polar surface area (TPSA) is 108 Å². The smallest absolute Gasteiger partial charge is 0.243 e. The number of carbonyl (C=O) groups excluding carboxylic acids is 1. The van der Waals surface area contributed by atoms with Crippen LogP contribution >= 0.6 is 11.8 Å². The maximum Gasteiger partial charge on any atom is 0.243 e. The summed E-state index contributed by atoms with van der Waals surface area (Å²) >= 11 is 1.49. The molecule has 1 aromatic carbocycles. The molecular formula is C18H25N5O3S2. The Labute approximate surface area is 169 Å². The molecule has 2 heterocycles. The van der Waals surface area contributed by atoms with Gasteiger partial charge in [0.2, 0.25) is 15.9 Å². The molecule has 8 nitrogen and oxygen atoms in total. The fraction of sp³-hybridized carbons (Fsp3) is 0.500. The standard InChI is InChI=1S/C18H25N5O3S2/c24-17(19-10-13-27-18-20-14-21-22-18)9-6-15-4-7-16(8-5-15)28(25,26)23-11-2-1-3-12-23/h4-5,7-8,14H,1-3,6,9-13H2,(H,19,24)(H,20,21,22). The molecule has 1 aliphatic heterocycles. The first kappa shape index (κ1) is 20.8. The lowest BCUT2D eigenvalue weighted by molar-refractivity contribution is -0.120. The van der Waals surface area contributed by atoms with Crippen molar-refractivity contribution in [2.75, 3.05) is 25.4 Å². The van der Waals surface area contributed by atoms with E-state index in [1.165, 1.54) is 18.1 Å². The van der Waals surface area contributed by atoms with Crippen LogP contribution < -0.4 is 5.32 Å². The number of hydrogen-bond acceptors (Lipinski definition) is 6. The van der Waals surface area contributed by atoms with Gasteiger partial charge in [-0.25, -0.2) is 13.4 Å². The van der Waals surface area contributed by atoms with Crippen molar-refractivity contribution in [3.63, 3.8) is 0 Å². The molecule has 0 aliphatic carbocycles. The maximum absolute atomic E-state index is 12.6. The molecule has 2 N–H and O–H groups in total. The number of rotatable bonds is 9. The van der Waals surface area contributed by atoms with Crippen LogP contribution in [0.2, 0.25) is 0 Å². The van der Waals surface area contributed by atoms with E-state index in [1.54, 1.807) is 28.6 Å².